The van der Waals surface area contributed by atoms with Crippen molar-refractivity contribution in [2.24, 2.45) is 0 Å². The van der Waals surface area contributed by atoms with Gasteiger partial charge in [-0.1, -0.05) is 18.2 Å². The van der Waals surface area contributed by atoms with Crippen LogP contribution in [0.1, 0.15) is 32.8 Å². The minimum absolute atomic E-state index is 0.390. The van der Waals surface area contributed by atoms with Gasteiger partial charge in [-0.25, -0.2) is 4.79 Å². The van der Waals surface area contributed by atoms with Crippen LogP contribution < -0.4 is 5.32 Å². The first kappa shape index (κ1) is 16.6. The van der Waals surface area contributed by atoms with E-state index in [1.165, 1.54) is 23.5 Å². The summed E-state index contributed by atoms with van der Waals surface area (Å²) >= 11 is 4.03. The first-order valence-corrected chi connectivity index (χ1v) is 9.35. The van der Waals surface area contributed by atoms with Gasteiger partial charge in [-0.3, -0.25) is 5.32 Å². The van der Waals surface area contributed by atoms with Crippen LogP contribution in [0.3, 0.4) is 0 Å². The van der Waals surface area contributed by atoms with E-state index < -0.39 is 5.60 Å². The smallest absolute Gasteiger partial charge is 0.412 e. The molecule has 1 N–H and O–H groups in total. The molecule has 21 heavy (non-hydrogen) atoms. The Bertz CT molecular complexity index is 479. The molecule has 1 heterocycles. The molecule has 0 radical (unpaired) electrons. The molecule has 0 spiro atoms. The fraction of sp³-hybridized carbons (Fsp3) is 0.562. The summed E-state index contributed by atoms with van der Waals surface area (Å²) in [6.45, 7) is 5.61. The lowest BCUT2D eigenvalue weighted by Gasteiger charge is -2.23. The van der Waals surface area contributed by atoms with E-state index in [-0.39, 0.29) is 6.09 Å². The van der Waals surface area contributed by atoms with Crippen molar-refractivity contribution in [3.8, 4) is 0 Å². The Balaban J connectivity index is 2.00. The van der Waals surface area contributed by atoms with Crippen molar-refractivity contribution in [2.75, 3.05) is 16.8 Å². The third-order valence-electron chi connectivity index (χ3n) is 2.94. The lowest BCUT2D eigenvalue weighted by atomic mass is 10.1. The number of hydrogen-bond donors (Lipinski definition) is 1. The van der Waals surface area contributed by atoms with Gasteiger partial charge in [-0.15, -0.1) is 23.5 Å². The van der Waals surface area contributed by atoms with Crippen molar-refractivity contribution < 1.29 is 9.53 Å². The van der Waals surface area contributed by atoms with Crippen LogP contribution in [0.4, 0.5) is 10.5 Å². The maximum atomic E-state index is 11.9. The maximum absolute atomic E-state index is 11.9. The number of hydrogen-bond acceptors (Lipinski definition) is 4. The molecule has 1 saturated heterocycles. The minimum atomic E-state index is -0.478. The molecule has 0 bridgehead atoms. The van der Waals surface area contributed by atoms with Crippen LogP contribution >= 0.6 is 23.5 Å². The predicted molar refractivity (Wildman–Crippen MR) is 93.3 cm³/mol. The fourth-order valence-electron chi connectivity index (χ4n) is 2.07. The molecule has 1 aliphatic heterocycles. The molecule has 0 aromatic heterocycles. The van der Waals surface area contributed by atoms with E-state index in [0.717, 1.165) is 12.1 Å². The molecule has 0 aliphatic carbocycles. The molecule has 1 aromatic rings. The van der Waals surface area contributed by atoms with Gasteiger partial charge in [0.2, 0.25) is 0 Å². The molecule has 1 amide bonds. The van der Waals surface area contributed by atoms with E-state index in [0.29, 0.717) is 4.58 Å². The normalized spacial score (nSPS) is 16.5. The van der Waals surface area contributed by atoms with Crippen LogP contribution in [0.25, 0.3) is 0 Å². The number of nitrogens with one attached hydrogen (secondary N) is 1. The number of benzene rings is 1. The SMILES string of the molecule is CC(C)(C)OC(=O)Nc1ccccc1CC1SCCCS1. The first-order valence-electron chi connectivity index (χ1n) is 7.25. The van der Waals surface area contributed by atoms with Crippen molar-refractivity contribution in [1.29, 1.82) is 0 Å². The van der Waals surface area contributed by atoms with Gasteiger partial charge >= 0.3 is 6.09 Å². The van der Waals surface area contributed by atoms with Gasteiger partial charge in [0.25, 0.3) is 0 Å². The van der Waals surface area contributed by atoms with Crippen molar-refractivity contribution in [3.05, 3.63) is 29.8 Å². The summed E-state index contributed by atoms with van der Waals surface area (Å²) in [6, 6.07) is 7.99. The van der Waals surface area contributed by atoms with E-state index in [1.807, 2.05) is 62.5 Å². The van der Waals surface area contributed by atoms with E-state index in [2.05, 4.69) is 11.4 Å². The molecule has 5 heteroatoms. The molecule has 116 valence electrons. The second-order valence-electron chi connectivity index (χ2n) is 6.01. The van der Waals surface area contributed by atoms with E-state index in [9.17, 15) is 4.79 Å². The fourth-order valence-corrected chi connectivity index (χ4v) is 4.96. The number of ether oxygens (including phenoxy) is 1. The lowest BCUT2D eigenvalue weighted by Crippen LogP contribution is -2.27. The van der Waals surface area contributed by atoms with Gasteiger partial charge in [-0.05, 0) is 56.7 Å². The Morgan fingerprint density at radius 3 is 2.62 bits per heavy atom. The molecule has 0 unspecified atom stereocenters. The number of amides is 1. The summed E-state index contributed by atoms with van der Waals surface area (Å²) in [7, 11) is 0. The Labute approximate surface area is 135 Å². The molecular weight excluding hydrogens is 302 g/mol. The Morgan fingerprint density at radius 2 is 1.95 bits per heavy atom. The van der Waals surface area contributed by atoms with E-state index in [1.54, 1.807) is 0 Å². The molecule has 1 aliphatic rings. The summed E-state index contributed by atoms with van der Waals surface area (Å²) in [5.74, 6) is 2.47. The van der Waals surface area contributed by atoms with Gasteiger partial charge in [-0.2, -0.15) is 0 Å². The number of rotatable bonds is 3. The quantitative estimate of drug-likeness (QED) is 0.868. The largest absolute Gasteiger partial charge is 0.444 e. The average Bonchev–Trinajstić information content (AvgIpc) is 2.40. The second-order valence-corrected chi connectivity index (χ2v) is 8.93. The van der Waals surface area contributed by atoms with Crippen molar-refractivity contribution >= 4 is 35.3 Å². The highest BCUT2D eigenvalue weighted by atomic mass is 32.2. The van der Waals surface area contributed by atoms with Gasteiger partial charge in [0, 0.05) is 5.69 Å². The van der Waals surface area contributed by atoms with Crippen LogP contribution in [0, 0.1) is 0 Å². The number of thioether (sulfide) groups is 2. The number of carbonyl (C=O) groups excluding carboxylic acids is 1. The zero-order chi connectivity index (χ0) is 15.3. The third kappa shape index (κ3) is 5.83. The number of carbonyl (C=O) groups is 1. The average molecular weight is 325 g/mol. The summed E-state index contributed by atoms with van der Waals surface area (Å²) in [5, 5.41) is 2.88. The Morgan fingerprint density at radius 1 is 1.29 bits per heavy atom. The highest BCUT2D eigenvalue weighted by Gasteiger charge is 2.19. The lowest BCUT2D eigenvalue weighted by molar-refractivity contribution is 0.0636. The van der Waals surface area contributed by atoms with E-state index >= 15 is 0 Å². The Kier molecular flexibility index (Phi) is 5.88. The first-order chi connectivity index (χ1) is 9.94. The summed E-state index contributed by atoms with van der Waals surface area (Å²) in [4.78, 5) is 11.9. The number of anilines is 1. The van der Waals surface area contributed by atoms with Crippen LogP contribution in [0.5, 0.6) is 0 Å². The van der Waals surface area contributed by atoms with Crippen LogP contribution in [-0.2, 0) is 11.2 Å². The molecular formula is C16H23NO2S2. The third-order valence-corrected chi connectivity index (χ3v) is 5.88. The predicted octanol–water partition coefficient (Wildman–Crippen LogP) is 4.77. The highest BCUT2D eigenvalue weighted by Crippen LogP contribution is 2.34. The monoisotopic (exact) mass is 325 g/mol. The van der Waals surface area contributed by atoms with Crippen molar-refractivity contribution in [3.63, 3.8) is 0 Å². The van der Waals surface area contributed by atoms with Crippen molar-refractivity contribution in [1.82, 2.24) is 0 Å². The zero-order valence-electron chi connectivity index (χ0n) is 12.8. The topological polar surface area (TPSA) is 38.3 Å². The minimum Gasteiger partial charge on any atom is -0.444 e. The van der Waals surface area contributed by atoms with Gasteiger partial charge in [0.15, 0.2) is 0 Å². The van der Waals surface area contributed by atoms with E-state index in [4.69, 9.17) is 4.74 Å². The van der Waals surface area contributed by atoms with Crippen LogP contribution in [-0.4, -0.2) is 27.8 Å². The molecule has 2 rings (SSSR count). The van der Waals surface area contributed by atoms with Gasteiger partial charge < -0.3 is 4.74 Å². The summed E-state index contributed by atoms with van der Waals surface area (Å²) < 4.78 is 5.91. The highest BCUT2D eigenvalue weighted by molar-refractivity contribution is 8.17. The van der Waals surface area contributed by atoms with Crippen LogP contribution in [0.15, 0.2) is 24.3 Å². The molecule has 1 fully saturated rings. The molecule has 1 aromatic carbocycles. The second kappa shape index (κ2) is 7.45. The molecule has 0 saturated carbocycles. The van der Waals surface area contributed by atoms with Crippen LogP contribution in [0.2, 0.25) is 0 Å². The maximum Gasteiger partial charge on any atom is 0.412 e. The van der Waals surface area contributed by atoms with Gasteiger partial charge in [0.1, 0.15) is 5.60 Å². The van der Waals surface area contributed by atoms with Crippen molar-refractivity contribution in [2.45, 2.75) is 43.8 Å². The Hall–Kier alpha value is -0.810. The molecule has 3 nitrogen and oxygen atoms in total. The van der Waals surface area contributed by atoms with Gasteiger partial charge in [0.05, 0.1) is 4.58 Å². The molecule has 0 atom stereocenters. The zero-order valence-corrected chi connectivity index (χ0v) is 14.5. The standard InChI is InChI=1S/C16H23NO2S2/c1-16(2,3)19-15(18)17-13-8-5-4-7-12(13)11-14-20-9-6-10-21-14/h4-5,7-8,14H,6,9-11H2,1-3H3,(H,17,18). The summed E-state index contributed by atoms with van der Waals surface area (Å²) in [5.41, 5.74) is 1.56. The summed E-state index contributed by atoms with van der Waals surface area (Å²) in [6.07, 6.45) is 1.88. The number of para-hydroxylation sites is 1.